The molecule has 0 unspecified atom stereocenters. The Morgan fingerprint density at radius 2 is 1.88 bits per heavy atom. The molecule has 0 atom stereocenters. The van der Waals surface area contributed by atoms with E-state index in [1.165, 1.54) is 11.1 Å². The van der Waals surface area contributed by atoms with E-state index < -0.39 is 0 Å². The Kier molecular flexibility index (Phi) is 3.46. The van der Waals surface area contributed by atoms with E-state index in [-0.39, 0.29) is 0 Å². The van der Waals surface area contributed by atoms with Crippen molar-refractivity contribution in [1.82, 2.24) is 9.80 Å². The van der Waals surface area contributed by atoms with E-state index in [1.54, 1.807) is 0 Å². The number of nitrogens with two attached hydrogens (primary N) is 1. The Balaban J connectivity index is 1.98. The minimum atomic E-state index is 0.930. The van der Waals surface area contributed by atoms with Gasteiger partial charge in [0.05, 0.1) is 0 Å². The van der Waals surface area contributed by atoms with Crippen LogP contribution in [-0.2, 0) is 6.54 Å². The molecule has 1 aliphatic rings. The van der Waals surface area contributed by atoms with Crippen LogP contribution in [0.25, 0.3) is 0 Å². The number of piperazine rings is 1. The first kappa shape index (κ1) is 11.4. The van der Waals surface area contributed by atoms with Crippen LogP contribution >= 0.6 is 0 Å². The topological polar surface area (TPSA) is 32.5 Å². The lowest BCUT2D eigenvalue weighted by Crippen LogP contribution is -2.43. The molecular formula is C13H21N3. The van der Waals surface area contributed by atoms with Crippen molar-refractivity contribution < 1.29 is 0 Å². The Bertz CT molecular complexity index is 354. The van der Waals surface area contributed by atoms with Gasteiger partial charge in [0.1, 0.15) is 0 Å². The smallest absolute Gasteiger partial charge is 0.0362 e. The monoisotopic (exact) mass is 219 g/mol. The van der Waals surface area contributed by atoms with E-state index in [0.717, 1.165) is 38.4 Å². The highest BCUT2D eigenvalue weighted by Gasteiger charge is 2.14. The second-order valence-electron chi connectivity index (χ2n) is 4.78. The fourth-order valence-electron chi connectivity index (χ4n) is 2.11. The molecule has 1 aliphatic heterocycles. The van der Waals surface area contributed by atoms with Crippen LogP contribution in [0.2, 0.25) is 0 Å². The van der Waals surface area contributed by atoms with Gasteiger partial charge in [-0.15, -0.1) is 0 Å². The van der Waals surface area contributed by atoms with Crippen molar-refractivity contribution in [3.8, 4) is 0 Å². The van der Waals surface area contributed by atoms with Gasteiger partial charge in [0.15, 0.2) is 0 Å². The molecule has 0 aromatic heterocycles. The van der Waals surface area contributed by atoms with Gasteiger partial charge in [-0.3, -0.25) is 4.90 Å². The van der Waals surface area contributed by atoms with Gasteiger partial charge in [0, 0.05) is 38.4 Å². The number of likely N-dealkylation sites (N-methyl/N-ethyl adjacent to an activating group) is 1. The van der Waals surface area contributed by atoms with Crippen LogP contribution < -0.4 is 5.73 Å². The van der Waals surface area contributed by atoms with Crippen molar-refractivity contribution in [3.63, 3.8) is 0 Å². The number of nitrogens with zero attached hydrogens (tertiary/aromatic N) is 2. The fourth-order valence-corrected chi connectivity index (χ4v) is 2.11. The first-order chi connectivity index (χ1) is 7.65. The normalized spacial score (nSPS) is 18.9. The van der Waals surface area contributed by atoms with E-state index in [4.69, 9.17) is 5.73 Å². The van der Waals surface area contributed by atoms with Crippen LogP contribution in [0.5, 0.6) is 0 Å². The van der Waals surface area contributed by atoms with Crippen molar-refractivity contribution >= 4 is 5.69 Å². The summed E-state index contributed by atoms with van der Waals surface area (Å²) in [6.45, 7) is 7.67. The van der Waals surface area contributed by atoms with Crippen LogP contribution in [-0.4, -0.2) is 43.0 Å². The Morgan fingerprint density at radius 1 is 1.19 bits per heavy atom. The minimum Gasteiger partial charge on any atom is -0.398 e. The zero-order chi connectivity index (χ0) is 11.5. The Morgan fingerprint density at radius 3 is 2.50 bits per heavy atom. The van der Waals surface area contributed by atoms with E-state index in [1.807, 2.05) is 0 Å². The molecule has 1 saturated heterocycles. The molecule has 1 aromatic carbocycles. The predicted octanol–water partition coefficient (Wildman–Crippen LogP) is 1.32. The highest BCUT2D eigenvalue weighted by molar-refractivity contribution is 5.48. The molecule has 1 fully saturated rings. The summed E-state index contributed by atoms with van der Waals surface area (Å²) < 4.78 is 0. The summed E-state index contributed by atoms with van der Waals surface area (Å²) in [5.74, 6) is 0. The standard InChI is InChI=1S/C13H21N3/c1-11-3-4-12(13(14)9-11)10-16-7-5-15(2)6-8-16/h3-4,9H,5-8,10,14H2,1-2H3. The predicted molar refractivity (Wildman–Crippen MR) is 68.4 cm³/mol. The summed E-state index contributed by atoms with van der Waals surface area (Å²) in [7, 11) is 2.18. The van der Waals surface area contributed by atoms with Crippen molar-refractivity contribution in [1.29, 1.82) is 0 Å². The molecule has 1 heterocycles. The molecule has 2 N–H and O–H groups in total. The third kappa shape index (κ3) is 2.74. The van der Waals surface area contributed by atoms with Crippen LogP contribution in [0.4, 0.5) is 5.69 Å². The Labute approximate surface area is 97.8 Å². The van der Waals surface area contributed by atoms with Crippen LogP contribution in [0.15, 0.2) is 18.2 Å². The molecule has 3 heteroatoms. The first-order valence-electron chi connectivity index (χ1n) is 5.91. The van der Waals surface area contributed by atoms with Gasteiger partial charge in [-0.1, -0.05) is 12.1 Å². The molecule has 0 aliphatic carbocycles. The summed E-state index contributed by atoms with van der Waals surface area (Å²) in [5, 5.41) is 0. The molecule has 0 amide bonds. The molecule has 0 bridgehead atoms. The summed E-state index contributed by atoms with van der Waals surface area (Å²) >= 11 is 0. The Hall–Kier alpha value is -1.06. The van der Waals surface area contributed by atoms with Gasteiger partial charge in [0.25, 0.3) is 0 Å². The number of benzene rings is 1. The van der Waals surface area contributed by atoms with Gasteiger partial charge in [0.2, 0.25) is 0 Å². The van der Waals surface area contributed by atoms with E-state index >= 15 is 0 Å². The lowest BCUT2D eigenvalue weighted by Gasteiger charge is -2.32. The second kappa shape index (κ2) is 4.85. The SMILES string of the molecule is Cc1ccc(CN2CCN(C)CC2)c(N)c1. The maximum Gasteiger partial charge on any atom is 0.0362 e. The zero-order valence-corrected chi connectivity index (χ0v) is 10.2. The number of hydrogen-bond donors (Lipinski definition) is 1. The van der Waals surface area contributed by atoms with Gasteiger partial charge >= 0.3 is 0 Å². The first-order valence-corrected chi connectivity index (χ1v) is 5.91. The molecule has 88 valence electrons. The summed E-state index contributed by atoms with van der Waals surface area (Å²) in [6, 6.07) is 6.36. The maximum absolute atomic E-state index is 6.03. The molecule has 2 rings (SSSR count). The third-order valence-electron chi connectivity index (χ3n) is 3.29. The molecule has 16 heavy (non-hydrogen) atoms. The number of rotatable bonds is 2. The van der Waals surface area contributed by atoms with Gasteiger partial charge < -0.3 is 10.6 Å². The molecule has 3 nitrogen and oxygen atoms in total. The molecule has 0 spiro atoms. The number of anilines is 1. The quantitative estimate of drug-likeness (QED) is 0.762. The lowest BCUT2D eigenvalue weighted by molar-refractivity contribution is 0.148. The van der Waals surface area contributed by atoms with Crippen molar-refractivity contribution in [2.24, 2.45) is 0 Å². The van der Waals surface area contributed by atoms with E-state index in [2.05, 4.69) is 42.0 Å². The highest BCUT2D eigenvalue weighted by atomic mass is 15.2. The number of nitrogen functional groups attached to an aromatic ring is 1. The van der Waals surface area contributed by atoms with Crippen molar-refractivity contribution in [2.75, 3.05) is 39.0 Å². The maximum atomic E-state index is 6.03. The summed E-state index contributed by atoms with van der Waals surface area (Å²) in [5.41, 5.74) is 9.45. The highest BCUT2D eigenvalue weighted by Crippen LogP contribution is 2.16. The largest absolute Gasteiger partial charge is 0.398 e. The summed E-state index contributed by atoms with van der Waals surface area (Å²) in [6.07, 6.45) is 0. The lowest BCUT2D eigenvalue weighted by atomic mass is 10.1. The molecule has 0 radical (unpaired) electrons. The van der Waals surface area contributed by atoms with Crippen LogP contribution in [0, 0.1) is 6.92 Å². The van der Waals surface area contributed by atoms with Crippen molar-refractivity contribution in [3.05, 3.63) is 29.3 Å². The molecule has 1 aromatic rings. The minimum absolute atomic E-state index is 0.930. The van der Waals surface area contributed by atoms with Crippen molar-refractivity contribution in [2.45, 2.75) is 13.5 Å². The average molecular weight is 219 g/mol. The number of aryl methyl sites for hydroxylation is 1. The van der Waals surface area contributed by atoms with Gasteiger partial charge in [-0.25, -0.2) is 0 Å². The number of hydrogen-bond acceptors (Lipinski definition) is 3. The fraction of sp³-hybridized carbons (Fsp3) is 0.538. The average Bonchev–Trinajstić information content (AvgIpc) is 2.25. The zero-order valence-electron chi connectivity index (χ0n) is 10.2. The third-order valence-corrected chi connectivity index (χ3v) is 3.29. The van der Waals surface area contributed by atoms with Gasteiger partial charge in [-0.05, 0) is 31.2 Å². The second-order valence-corrected chi connectivity index (χ2v) is 4.78. The van der Waals surface area contributed by atoms with Gasteiger partial charge in [-0.2, -0.15) is 0 Å². The molecular weight excluding hydrogens is 198 g/mol. The van der Waals surface area contributed by atoms with Crippen LogP contribution in [0.1, 0.15) is 11.1 Å². The summed E-state index contributed by atoms with van der Waals surface area (Å²) in [4.78, 5) is 4.84. The van der Waals surface area contributed by atoms with E-state index in [0.29, 0.717) is 0 Å². The van der Waals surface area contributed by atoms with Crippen LogP contribution in [0.3, 0.4) is 0 Å². The molecule has 0 saturated carbocycles. The van der Waals surface area contributed by atoms with E-state index in [9.17, 15) is 0 Å².